The Hall–Kier alpha value is -2.97. The summed E-state index contributed by atoms with van der Waals surface area (Å²) >= 11 is 0. The number of hydrogen-bond donors (Lipinski definition) is 2. The first-order valence-corrected chi connectivity index (χ1v) is 8.90. The van der Waals surface area contributed by atoms with Crippen LogP contribution in [0.15, 0.2) is 42.5 Å². The van der Waals surface area contributed by atoms with Gasteiger partial charge in [-0.3, -0.25) is 14.5 Å². The zero-order valence-electron chi connectivity index (χ0n) is 15.5. The Morgan fingerprint density at radius 3 is 2.64 bits per heavy atom. The molecule has 0 aliphatic carbocycles. The summed E-state index contributed by atoms with van der Waals surface area (Å²) < 4.78 is 23.9. The van der Waals surface area contributed by atoms with E-state index in [1.807, 2.05) is 4.90 Å². The lowest BCUT2D eigenvalue weighted by Gasteiger charge is -2.25. The standard InChI is InChI=1S/C20H22FN3O4/c1-27-18-12-16(22-20(26)14-3-2-4-15(21)11-14)5-6-17(18)23-19(25)13-24-7-9-28-10-8-24/h2-6,11-12H,7-10,13H2,1H3,(H,22,26)(H,23,25). The predicted octanol–water partition coefficient (Wildman–Crippen LogP) is 2.36. The minimum Gasteiger partial charge on any atom is -0.494 e. The van der Waals surface area contributed by atoms with Crippen LogP contribution >= 0.6 is 0 Å². The van der Waals surface area contributed by atoms with Gasteiger partial charge in [-0.25, -0.2) is 4.39 Å². The molecule has 0 saturated carbocycles. The molecule has 1 fully saturated rings. The van der Waals surface area contributed by atoms with Crippen LogP contribution in [0.25, 0.3) is 0 Å². The number of anilines is 2. The third-order valence-electron chi connectivity index (χ3n) is 4.29. The van der Waals surface area contributed by atoms with Gasteiger partial charge in [-0.1, -0.05) is 6.07 Å². The second-order valence-corrected chi connectivity index (χ2v) is 6.32. The number of rotatable bonds is 6. The summed E-state index contributed by atoms with van der Waals surface area (Å²) in [4.78, 5) is 26.5. The van der Waals surface area contributed by atoms with E-state index in [1.165, 1.54) is 25.3 Å². The fourth-order valence-electron chi connectivity index (χ4n) is 2.86. The van der Waals surface area contributed by atoms with Crippen LogP contribution in [-0.4, -0.2) is 56.7 Å². The van der Waals surface area contributed by atoms with E-state index in [4.69, 9.17) is 9.47 Å². The van der Waals surface area contributed by atoms with Crippen molar-refractivity contribution < 1.29 is 23.5 Å². The zero-order valence-corrected chi connectivity index (χ0v) is 15.5. The van der Waals surface area contributed by atoms with Crippen molar-refractivity contribution in [3.8, 4) is 5.75 Å². The van der Waals surface area contributed by atoms with Gasteiger partial charge < -0.3 is 20.1 Å². The molecule has 1 heterocycles. The molecule has 1 saturated heterocycles. The monoisotopic (exact) mass is 387 g/mol. The molecule has 2 amide bonds. The first-order chi connectivity index (χ1) is 13.5. The Morgan fingerprint density at radius 2 is 1.93 bits per heavy atom. The lowest BCUT2D eigenvalue weighted by molar-refractivity contribution is -0.118. The number of morpholine rings is 1. The lowest BCUT2D eigenvalue weighted by atomic mass is 10.2. The van der Waals surface area contributed by atoms with Gasteiger partial charge in [0.2, 0.25) is 5.91 Å². The van der Waals surface area contributed by atoms with Gasteiger partial charge in [0.15, 0.2) is 0 Å². The summed E-state index contributed by atoms with van der Waals surface area (Å²) in [7, 11) is 1.48. The molecule has 148 valence electrons. The van der Waals surface area contributed by atoms with Crippen molar-refractivity contribution in [2.45, 2.75) is 0 Å². The minimum atomic E-state index is -0.483. The predicted molar refractivity (Wildman–Crippen MR) is 103 cm³/mol. The maximum Gasteiger partial charge on any atom is 0.255 e. The van der Waals surface area contributed by atoms with Crippen molar-refractivity contribution in [1.29, 1.82) is 0 Å². The number of carbonyl (C=O) groups excluding carboxylic acids is 2. The first kappa shape index (κ1) is 19.8. The minimum absolute atomic E-state index is 0.156. The molecule has 0 radical (unpaired) electrons. The third-order valence-corrected chi connectivity index (χ3v) is 4.29. The second kappa shape index (κ2) is 9.29. The second-order valence-electron chi connectivity index (χ2n) is 6.32. The largest absolute Gasteiger partial charge is 0.494 e. The molecule has 28 heavy (non-hydrogen) atoms. The maximum atomic E-state index is 13.3. The van der Waals surface area contributed by atoms with Crippen molar-refractivity contribution >= 4 is 23.2 Å². The lowest BCUT2D eigenvalue weighted by Crippen LogP contribution is -2.41. The van der Waals surface area contributed by atoms with Gasteiger partial charge in [-0.2, -0.15) is 0 Å². The molecule has 0 spiro atoms. The van der Waals surface area contributed by atoms with Crippen molar-refractivity contribution in [3.63, 3.8) is 0 Å². The molecule has 1 aliphatic rings. The smallest absolute Gasteiger partial charge is 0.255 e. The summed E-state index contributed by atoms with van der Waals surface area (Å²) in [6, 6.07) is 10.3. The number of benzene rings is 2. The molecule has 2 aromatic rings. The van der Waals surface area contributed by atoms with E-state index in [0.29, 0.717) is 30.3 Å². The Labute approximate surface area is 162 Å². The van der Waals surface area contributed by atoms with E-state index in [9.17, 15) is 14.0 Å². The van der Waals surface area contributed by atoms with E-state index in [1.54, 1.807) is 18.2 Å². The van der Waals surface area contributed by atoms with E-state index in [2.05, 4.69) is 10.6 Å². The molecule has 0 unspecified atom stereocenters. The summed E-state index contributed by atoms with van der Waals surface area (Å²) in [5, 5.41) is 5.51. The fourth-order valence-corrected chi connectivity index (χ4v) is 2.86. The Balaban J connectivity index is 1.64. The van der Waals surface area contributed by atoms with Gasteiger partial charge in [-0.05, 0) is 30.3 Å². The maximum absolute atomic E-state index is 13.3. The van der Waals surface area contributed by atoms with E-state index in [-0.39, 0.29) is 18.0 Å². The van der Waals surface area contributed by atoms with Gasteiger partial charge in [0.1, 0.15) is 11.6 Å². The highest BCUT2D eigenvalue weighted by Crippen LogP contribution is 2.28. The highest BCUT2D eigenvalue weighted by atomic mass is 19.1. The van der Waals surface area contributed by atoms with Crippen LogP contribution in [0.1, 0.15) is 10.4 Å². The quantitative estimate of drug-likeness (QED) is 0.796. The molecular weight excluding hydrogens is 365 g/mol. The number of nitrogens with zero attached hydrogens (tertiary/aromatic N) is 1. The van der Waals surface area contributed by atoms with Gasteiger partial charge in [-0.15, -0.1) is 0 Å². The number of hydrogen-bond acceptors (Lipinski definition) is 5. The molecule has 8 heteroatoms. The molecule has 2 N–H and O–H groups in total. The third kappa shape index (κ3) is 5.28. The van der Waals surface area contributed by atoms with Crippen LogP contribution in [0, 0.1) is 5.82 Å². The molecule has 3 rings (SSSR count). The molecule has 0 atom stereocenters. The Bertz CT molecular complexity index is 853. The highest BCUT2D eigenvalue weighted by Gasteiger charge is 2.16. The number of methoxy groups -OCH3 is 1. The summed E-state index contributed by atoms with van der Waals surface area (Å²) in [6.07, 6.45) is 0. The number of amides is 2. The van der Waals surface area contributed by atoms with E-state index < -0.39 is 11.7 Å². The first-order valence-electron chi connectivity index (χ1n) is 8.90. The fraction of sp³-hybridized carbons (Fsp3) is 0.300. The van der Waals surface area contributed by atoms with E-state index in [0.717, 1.165) is 19.2 Å². The van der Waals surface area contributed by atoms with Gasteiger partial charge in [0.05, 0.1) is 32.6 Å². The Kier molecular flexibility index (Phi) is 6.57. The van der Waals surface area contributed by atoms with Crippen LogP contribution in [0.4, 0.5) is 15.8 Å². The van der Waals surface area contributed by atoms with Crippen LogP contribution < -0.4 is 15.4 Å². The zero-order chi connectivity index (χ0) is 19.9. The Morgan fingerprint density at radius 1 is 1.14 bits per heavy atom. The summed E-state index contributed by atoms with van der Waals surface area (Å²) in [5.41, 5.74) is 1.18. The molecule has 1 aliphatic heterocycles. The topological polar surface area (TPSA) is 79.9 Å². The van der Waals surface area contributed by atoms with Crippen LogP contribution in [0.2, 0.25) is 0 Å². The van der Waals surface area contributed by atoms with Crippen molar-refractivity contribution in [3.05, 3.63) is 53.8 Å². The molecule has 0 bridgehead atoms. The normalized spacial score (nSPS) is 14.4. The molecule has 0 aromatic heterocycles. The van der Waals surface area contributed by atoms with Crippen molar-refractivity contribution in [2.75, 3.05) is 50.6 Å². The summed E-state index contributed by atoms with van der Waals surface area (Å²) in [6.45, 7) is 2.95. The molecule has 7 nitrogen and oxygen atoms in total. The number of nitrogens with one attached hydrogen (secondary N) is 2. The van der Waals surface area contributed by atoms with Crippen molar-refractivity contribution in [1.82, 2.24) is 4.90 Å². The number of ether oxygens (including phenoxy) is 2. The van der Waals surface area contributed by atoms with Gasteiger partial charge in [0.25, 0.3) is 5.91 Å². The molecule has 2 aromatic carbocycles. The van der Waals surface area contributed by atoms with Crippen molar-refractivity contribution in [2.24, 2.45) is 0 Å². The van der Waals surface area contributed by atoms with E-state index >= 15 is 0 Å². The van der Waals surface area contributed by atoms with Crippen LogP contribution in [0.3, 0.4) is 0 Å². The number of carbonyl (C=O) groups is 2. The van der Waals surface area contributed by atoms with Gasteiger partial charge in [0, 0.05) is 30.4 Å². The summed E-state index contributed by atoms with van der Waals surface area (Å²) in [5.74, 6) is -0.668. The molecular formula is C20H22FN3O4. The average molecular weight is 387 g/mol. The highest BCUT2D eigenvalue weighted by molar-refractivity contribution is 6.04. The number of halogens is 1. The van der Waals surface area contributed by atoms with Crippen LogP contribution in [0.5, 0.6) is 5.75 Å². The average Bonchev–Trinajstić information content (AvgIpc) is 2.69. The van der Waals surface area contributed by atoms with Crippen LogP contribution in [-0.2, 0) is 9.53 Å². The SMILES string of the molecule is COc1cc(NC(=O)c2cccc(F)c2)ccc1NC(=O)CN1CCOCC1. The van der Waals surface area contributed by atoms with Gasteiger partial charge >= 0.3 is 0 Å².